The summed E-state index contributed by atoms with van der Waals surface area (Å²) in [6.07, 6.45) is 4.19. The van der Waals surface area contributed by atoms with Gasteiger partial charge in [-0.05, 0) is 68.0 Å². The van der Waals surface area contributed by atoms with Crippen LogP contribution in [0.15, 0.2) is 42.5 Å². The highest BCUT2D eigenvalue weighted by molar-refractivity contribution is 6.02. The van der Waals surface area contributed by atoms with Gasteiger partial charge in [-0.1, -0.05) is 30.3 Å². The SMILES string of the molecule is COc1cc2c(cc1OC)[13C](=O)[13CH](CC1CCN(Cc3ccccc3)CC1)[13CH2]2. The number of nitrogens with zero attached hydrogens (tertiary/aromatic N) is 1. The summed E-state index contributed by atoms with van der Waals surface area (Å²) in [5.74, 6) is 2.38. The Morgan fingerprint density at radius 1 is 1.00 bits per heavy atom. The predicted molar refractivity (Wildman–Crippen MR) is 110 cm³/mol. The molecule has 0 N–H and O–H groups in total. The van der Waals surface area contributed by atoms with E-state index in [9.17, 15) is 4.79 Å². The summed E-state index contributed by atoms with van der Waals surface area (Å²) in [6.45, 7) is 3.27. The Bertz CT molecular complexity index is 825. The van der Waals surface area contributed by atoms with E-state index in [1.165, 1.54) is 18.4 Å². The fourth-order valence-electron chi connectivity index (χ4n) is 4.71. The van der Waals surface area contributed by atoms with E-state index in [4.69, 9.17) is 9.47 Å². The lowest BCUT2D eigenvalue weighted by Crippen LogP contribution is -2.34. The zero-order chi connectivity index (χ0) is 19.5. The molecule has 1 aliphatic heterocycles. The monoisotopic (exact) mass is 382 g/mol. The van der Waals surface area contributed by atoms with E-state index in [1.807, 2.05) is 12.1 Å². The van der Waals surface area contributed by atoms with E-state index in [-0.39, 0.29) is 11.7 Å². The van der Waals surface area contributed by atoms with Gasteiger partial charge in [0.05, 0.1) is 14.2 Å². The number of ether oxygens (including phenoxy) is 2. The molecule has 0 spiro atoms. The van der Waals surface area contributed by atoms with Crippen molar-refractivity contribution in [1.82, 2.24) is 4.90 Å². The number of hydrogen-bond acceptors (Lipinski definition) is 4. The third kappa shape index (κ3) is 3.93. The lowest BCUT2D eigenvalue weighted by Gasteiger charge is -2.32. The van der Waals surface area contributed by atoms with Crippen LogP contribution >= 0.6 is 0 Å². The summed E-state index contributed by atoms with van der Waals surface area (Å²) in [5, 5.41) is 0. The lowest BCUT2D eigenvalue weighted by atomic mass is 9.95. The van der Waals surface area contributed by atoms with Gasteiger partial charge in [-0.2, -0.15) is 0 Å². The largest absolute Gasteiger partial charge is 0.493 e. The first-order valence-electron chi connectivity index (χ1n) is 10.2. The Morgan fingerprint density at radius 3 is 2.36 bits per heavy atom. The van der Waals surface area contributed by atoms with Crippen LogP contribution in [0.3, 0.4) is 0 Å². The molecule has 148 valence electrons. The van der Waals surface area contributed by atoms with Crippen LogP contribution in [0, 0.1) is 11.8 Å². The average Bonchev–Trinajstić information content (AvgIpc) is 3.03. The van der Waals surface area contributed by atoms with Gasteiger partial charge in [0, 0.05) is 18.0 Å². The molecule has 4 heteroatoms. The van der Waals surface area contributed by atoms with Crippen LogP contribution in [0.25, 0.3) is 0 Å². The molecule has 2 aliphatic rings. The molecule has 0 saturated carbocycles. The number of ketones is 1. The number of Topliss-reactive ketones (excluding diaryl/α,β-unsaturated/α-hetero) is 1. The van der Waals surface area contributed by atoms with E-state index in [1.54, 1.807) is 14.2 Å². The Labute approximate surface area is 167 Å². The lowest BCUT2D eigenvalue weighted by molar-refractivity contribution is 0.0895. The van der Waals surface area contributed by atoms with Crippen molar-refractivity contribution in [2.75, 3.05) is 27.3 Å². The molecule has 1 fully saturated rings. The van der Waals surface area contributed by atoms with Gasteiger partial charge in [-0.3, -0.25) is 9.69 Å². The van der Waals surface area contributed by atoms with Gasteiger partial charge in [0.2, 0.25) is 0 Å². The fourth-order valence-corrected chi connectivity index (χ4v) is 4.71. The van der Waals surface area contributed by atoms with Crippen LogP contribution in [0.5, 0.6) is 11.5 Å². The van der Waals surface area contributed by atoms with Crippen molar-refractivity contribution in [3.05, 3.63) is 59.2 Å². The summed E-state index contributed by atoms with van der Waals surface area (Å²) in [6, 6.07) is 14.5. The second kappa shape index (κ2) is 8.36. The third-order valence-corrected chi connectivity index (χ3v) is 6.29. The third-order valence-electron chi connectivity index (χ3n) is 6.29. The number of methoxy groups -OCH3 is 2. The molecule has 2 aromatic carbocycles. The quantitative estimate of drug-likeness (QED) is 0.696. The molecule has 1 atom stereocenters. The molecule has 1 saturated heterocycles. The maximum atomic E-state index is 12.9. The maximum absolute atomic E-state index is 12.9. The normalized spacial score (nSPS) is 20.2. The van der Waals surface area contributed by atoms with Crippen molar-refractivity contribution in [2.45, 2.75) is 32.2 Å². The summed E-state index contributed by atoms with van der Waals surface area (Å²) in [4.78, 5) is 15.5. The van der Waals surface area contributed by atoms with E-state index in [0.29, 0.717) is 17.4 Å². The topological polar surface area (TPSA) is 38.8 Å². The second-order valence-electron chi connectivity index (χ2n) is 8.07. The Kier molecular flexibility index (Phi) is 5.67. The van der Waals surface area contributed by atoms with Crippen molar-refractivity contribution in [3.8, 4) is 11.5 Å². The summed E-state index contributed by atoms with van der Waals surface area (Å²) < 4.78 is 10.8. The van der Waals surface area contributed by atoms with Crippen molar-refractivity contribution in [3.63, 3.8) is 0 Å². The number of carbonyl (C=O) groups excluding carboxylic acids is 1. The second-order valence-corrected chi connectivity index (χ2v) is 8.07. The first kappa shape index (κ1) is 19.0. The molecular formula is C24H29NO3. The summed E-state index contributed by atoms with van der Waals surface area (Å²) in [5.41, 5.74) is 3.31. The molecule has 0 amide bonds. The number of benzene rings is 2. The molecular weight excluding hydrogens is 353 g/mol. The van der Waals surface area contributed by atoms with E-state index < -0.39 is 0 Å². The van der Waals surface area contributed by atoms with Gasteiger partial charge in [0.1, 0.15) is 0 Å². The fraction of sp³-hybridized carbons (Fsp3) is 0.458. The average molecular weight is 382 g/mol. The van der Waals surface area contributed by atoms with Gasteiger partial charge in [-0.15, -0.1) is 0 Å². The van der Waals surface area contributed by atoms with Crippen LogP contribution < -0.4 is 9.47 Å². The minimum absolute atomic E-state index is 0.109. The van der Waals surface area contributed by atoms with Gasteiger partial charge in [0.25, 0.3) is 0 Å². The summed E-state index contributed by atoms with van der Waals surface area (Å²) >= 11 is 0. The smallest absolute Gasteiger partial charge is 0.166 e. The van der Waals surface area contributed by atoms with E-state index in [0.717, 1.165) is 43.6 Å². The molecule has 1 heterocycles. The van der Waals surface area contributed by atoms with Crippen molar-refractivity contribution < 1.29 is 14.3 Å². The molecule has 2 aromatic rings. The molecule has 0 bridgehead atoms. The van der Waals surface area contributed by atoms with Crippen LogP contribution in [-0.2, 0) is 13.0 Å². The predicted octanol–water partition coefficient (Wildman–Crippen LogP) is 4.36. The number of rotatable bonds is 6. The Morgan fingerprint density at radius 2 is 1.68 bits per heavy atom. The number of fused-ring (bicyclic) bond motifs is 1. The molecule has 4 rings (SSSR count). The van der Waals surface area contributed by atoms with E-state index in [2.05, 4.69) is 35.2 Å². The molecule has 0 radical (unpaired) electrons. The van der Waals surface area contributed by atoms with Gasteiger partial charge in [0.15, 0.2) is 17.3 Å². The van der Waals surface area contributed by atoms with Gasteiger partial charge < -0.3 is 9.47 Å². The first-order valence-corrected chi connectivity index (χ1v) is 10.2. The standard InChI is InChI=1S/C24H29NO3/c1-27-22-14-19-13-20(24(26)21(19)15-23(22)28-2)12-17-8-10-25(11-9-17)16-18-6-4-3-5-7-18/h3-7,14-15,17,20H,8-13,16H2,1-2H3/i13+1,20+1,24+1. The van der Waals surface area contributed by atoms with Crippen LogP contribution in [0.4, 0.5) is 0 Å². The number of carbonyl (C=O) groups is 1. The molecule has 28 heavy (non-hydrogen) atoms. The minimum Gasteiger partial charge on any atom is -0.493 e. The molecule has 0 aromatic heterocycles. The van der Waals surface area contributed by atoms with Gasteiger partial charge in [-0.25, -0.2) is 0 Å². The molecule has 4 nitrogen and oxygen atoms in total. The highest BCUT2D eigenvalue weighted by Crippen LogP contribution is 2.39. The molecule has 1 unspecified atom stereocenters. The number of likely N-dealkylation sites (tertiary alicyclic amines) is 1. The van der Waals surface area contributed by atoms with Crippen molar-refractivity contribution >= 4 is 5.78 Å². The van der Waals surface area contributed by atoms with Crippen LogP contribution in [0.1, 0.15) is 40.7 Å². The van der Waals surface area contributed by atoms with Crippen LogP contribution in [-0.4, -0.2) is 38.0 Å². The molecule has 1 aliphatic carbocycles. The zero-order valence-corrected chi connectivity index (χ0v) is 16.8. The number of hydrogen-bond donors (Lipinski definition) is 0. The minimum atomic E-state index is 0.109. The van der Waals surface area contributed by atoms with Gasteiger partial charge >= 0.3 is 0 Å². The Hall–Kier alpha value is -2.33. The zero-order valence-electron chi connectivity index (χ0n) is 16.8. The first-order chi connectivity index (χ1) is 13.7. The van der Waals surface area contributed by atoms with E-state index >= 15 is 0 Å². The maximum Gasteiger partial charge on any atom is 0.166 e. The highest BCUT2D eigenvalue weighted by atomic mass is 16.5. The van der Waals surface area contributed by atoms with Crippen molar-refractivity contribution in [1.29, 1.82) is 0 Å². The highest BCUT2D eigenvalue weighted by Gasteiger charge is 2.34. The van der Waals surface area contributed by atoms with Crippen molar-refractivity contribution in [2.24, 2.45) is 11.8 Å². The number of piperidine rings is 1. The van der Waals surface area contributed by atoms with Crippen LogP contribution in [0.2, 0.25) is 0 Å². The Balaban J connectivity index is 1.34. The summed E-state index contributed by atoms with van der Waals surface area (Å²) in [7, 11) is 3.26.